The van der Waals surface area contributed by atoms with E-state index in [2.05, 4.69) is 4.72 Å². The summed E-state index contributed by atoms with van der Waals surface area (Å²) < 4.78 is 58.0. The molecule has 0 aromatic heterocycles. The molecule has 1 saturated carbocycles. The topological polar surface area (TPSA) is 110 Å². The summed E-state index contributed by atoms with van der Waals surface area (Å²) in [4.78, 5) is 11.8. The van der Waals surface area contributed by atoms with Crippen LogP contribution >= 0.6 is 0 Å². The average Bonchev–Trinajstić information content (AvgIpc) is 3.14. The fraction of sp³-hybridized carbons (Fsp3) is 0.533. The molecule has 0 radical (unpaired) electrons. The highest BCUT2D eigenvalue weighted by atomic mass is 32.2. The molecule has 1 aliphatic carbocycles. The molecule has 25 heavy (non-hydrogen) atoms. The van der Waals surface area contributed by atoms with Crippen LogP contribution < -0.4 is 13.8 Å². The van der Waals surface area contributed by atoms with Crippen molar-refractivity contribution in [2.75, 3.05) is 17.2 Å². The lowest BCUT2D eigenvalue weighted by molar-refractivity contribution is -0.116. The van der Waals surface area contributed by atoms with Crippen molar-refractivity contribution in [2.24, 2.45) is 0 Å². The fourth-order valence-corrected chi connectivity index (χ4v) is 6.14. The third-order valence-corrected chi connectivity index (χ3v) is 7.66. The minimum atomic E-state index is -3.90. The van der Waals surface area contributed by atoms with Crippen LogP contribution in [0.25, 0.3) is 0 Å². The zero-order chi connectivity index (χ0) is 18.2. The second-order valence-electron chi connectivity index (χ2n) is 6.16. The van der Waals surface area contributed by atoms with Crippen molar-refractivity contribution in [1.82, 2.24) is 4.72 Å². The summed E-state index contributed by atoms with van der Waals surface area (Å²) in [6.45, 7) is 0. The van der Waals surface area contributed by atoms with Gasteiger partial charge in [-0.2, -0.15) is 0 Å². The van der Waals surface area contributed by atoms with Crippen molar-refractivity contribution in [3.63, 3.8) is 0 Å². The van der Waals surface area contributed by atoms with E-state index >= 15 is 0 Å². The molecular formula is C15H20N2O6S2. The number of hydrogen-bond acceptors (Lipinski definition) is 6. The van der Waals surface area contributed by atoms with Crippen molar-refractivity contribution in [3.8, 4) is 5.75 Å². The first-order chi connectivity index (χ1) is 11.7. The Bertz CT molecular complexity index is 889. The molecule has 138 valence electrons. The van der Waals surface area contributed by atoms with Crippen LogP contribution in [0, 0.1) is 0 Å². The fourth-order valence-electron chi connectivity index (χ4n) is 3.20. The first kappa shape index (κ1) is 18.2. The number of nitrogens with one attached hydrogen (secondary N) is 1. The lowest BCUT2D eigenvalue weighted by atomic mass is 10.3. The van der Waals surface area contributed by atoms with E-state index in [0.717, 1.165) is 25.7 Å². The number of ether oxygens (including phenoxy) is 1. The number of hydrogen-bond donors (Lipinski definition) is 1. The van der Waals surface area contributed by atoms with Gasteiger partial charge >= 0.3 is 0 Å². The minimum Gasteiger partial charge on any atom is -0.495 e. The number of rotatable bonds is 5. The van der Waals surface area contributed by atoms with Crippen molar-refractivity contribution in [2.45, 2.75) is 43.0 Å². The summed E-state index contributed by atoms with van der Waals surface area (Å²) in [6.07, 6.45) is 3.34. The molecule has 1 aromatic carbocycles. The van der Waals surface area contributed by atoms with Gasteiger partial charge in [-0.3, -0.25) is 4.79 Å². The Balaban J connectivity index is 2.02. The Kier molecular flexibility index (Phi) is 4.78. The Hall–Kier alpha value is -1.65. The molecule has 1 aromatic rings. The number of methoxy groups -OCH3 is 1. The maximum atomic E-state index is 12.7. The maximum Gasteiger partial charge on any atom is 0.244 e. The molecule has 0 spiro atoms. The number of anilines is 1. The highest BCUT2D eigenvalue weighted by molar-refractivity contribution is 7.94. The van der Waals surface area contributed by atoms with E-state index in [1.165, 1.54) is 25.3 Å². The summed E-state index contributed by atoms with van der Waals surface area (Å²) in [5.41, 5.74) is 0.00935. The normalized spacial score (nSPS) is 21.0. The zero-order valence-electron chi connectivity index (χ0n) is 13.8. The molecule has 1 amide bonds. The molecule has 1 aliphatic heterocycles. The van der Waals surface area contributed by atoms with Crippen LogP contribution in [0.3, 0.4) is 0 Å². The monoisotopic (exact) mass is 388 g/mol. The largest absolute Gasteiger partial charge is 0.495 e. The highest BCUT2D eigenvalue weighted by Crippen LogP contribution is 2.33. The van der Waals surface area contributed by atoms with Crippen molar-refractivity contribution in [1.29, 1.82) is 0 Å². The van der Waals surface area contributed by atoms with Gasteiger partial charge in [-0.15, -0.1) is 0 Å². The summed E-state index contributed by atoms with van der Waals surface area (Å²) >= 11 is 0. The third-order valence-electron chi connectivity index (χ3n) is 4.43. The third kappa shape index (κ3) is 3.51. The Morgan fingerprint density at radius 3 is 2.48 bits per heavy atom. The molecule has 0 atom stereocenters. The molecule has 2 aliphatic rings. The van der Waals surface area contributed by atoms with E-state index in [0.29, 0.717) is 4.31 Å². The predicted octanol–water partition coefficient (Wildman–Crippen LogP) is 0.983. The second kappa shape index (κ2) is 6.58. The van der Waals surface area contributed by atoms with Crippen LogP contribution in [0.4, 0.5) is 5.69 Å². The molecule has 1 heterocycles. The van der Waals surface area contributed by atoms with E-state index in [1.54, 1.807) is 0 Å². The van der Waals surface area contributed by atoms with Gasteiger partial charge in [-0.05, 0) is 31.0 Å². The lowest BCUT2D eigenvalue weighted by Crippen LogP contribution is -2.33. The number of sulfonamides is 2. The lowest BCUT2D eigenvalue weighted by Gasteiger charge is -2.19. The Morgan fingerprint density at radius 2 is 1.92 bits per heavy atom. The van der Waals surface area contributed by atoms with Crippen LogP contribution in [-0.4, -0.2) is 41.6 Å². The van der Waals surface area contributed by atoms with Crippen molar-refractivity contribution >= 4 is 31.6 Å². The molecular weight excluding hydrogens is 368 g/mol. The Morgan fingerprint density at radius 1 is 1.24 bits per heavy atom. The van der Waals surface area contributed by atoms with Crippen molar-refractivity contribution < 1.29 is 26.4 Å². The van der Waals surface area contributed by atoms with Crippen molar-refractivity contribution in [3.05, 3.63) is 18.2 Å². The van der Waals surface area contributed by atoms with E-state index in [-0.39, 0.29) is 34.5 Å². The smallest absolute Gasteiger partial charge is 0.244 e. The van der Waals surface area contributed by atoms with Crippen LogP contribution in [-0.2, 0) is 24.8 Å². The van der Waals surface area contributed by atoms with Gasteiger partial charge < -0.3 is 4.74 Å². The van der Waals surface area contributed by atoms with Gasteiger partial charge in [0, 0.05) is 12.5 Å². The van der Waals surface area contributed by atoms with Crippen LogP contribution in [0.1, 0.15) is 32.1 Å². The zero-order valence-corrected chi connectivity index (χ0v) is 15.4. The first-order valence-electron chi connectivity index (χ1n) is 8.01. The molecule has 0 unspecified atom stereocenters. The SMILES string of the molecule is COc1ccc(N2C(=O)CCS2(=O)=O)cc1S(=O)(=O)NC1CCCC1. The molecule has 10 heteroatoms. The average molecular weight is 388 g/mol. The van der Waals surface area contributed by atoms with Gasteiger partial charge in [0.1, 0.15) is 10.6 Å². The number of nitrogens with zero attached hydrogens (tertiary/aromatic N) is 1. The molecule has 8 nitrogen and oxygen atoms in total. The molecule has 3 rings (SSSR count). The van der Waals surface area contributed by atoms with Gasteiger partial charge in [0.25, 0.3) is 0 Å². The molecule has 1 N–H and O–H groups in total. The van der Waals surface area contributed by atoms with E-state index in [1.807, 2.05) is 0 Å². The quantitative estimate of drug-likeness (QED) is 0.805. The van der Waals surface area contributed by atoms with Gasteiger partial charge in [-0.1, -0.05) is 12.8 Å². The van der Waals surface area contributed by atoms with E-state index in [9.17, 15) is 21.6 Å². The Labute approximate surface area is 147 Å². The first-order valence-corrected chi connectivity index (χ1v) is 11.1. The van der Waals surface area contributed by atoms with Gasteiger partial charge in [0.05, 0.1) is 18.6 Å². The number of benzene rings is 1. The number of carbonyl (C=O) groups is 1. The van der Waals surface area contributed by atoms with Crippen LogP contribution in [0.15, 0.2) is 23.1 Å². The van der Waals surface area contributed by atoms with Crippen LogP contribution in [0.5, 0.6) is 5.75 Å². The van der Waals surface area contributed by atoms with Gasteiger partial charge in [-0.25, -0.2) is 25.9 Å². The van der Waals surface area contributed by atoms with Gasteiger partial charge in [0.2, 0.25) is 26.0 Å². The highest BCUT2D eigenvalue weighted by Gasteiger charge is 2.37. The summed E-state index contributed by atoms with van der Waals surface area (Å²) in [5.74, 6) is -0.754. The summed E-state index contributed by atoms with van der Waals surface area (Å²) in [7, 11) is -6.33. The number of carbonyl (C=O) groups excluding carboxylic acids is 1. The van der Waals surface area contributed by atoms with Gasteiger partial charge in [0.15, 0.2) is 0 Å². The summed E-state index contributed by atoms with van der Waals surface area (Å²) in [6, 6.07) is 3.76. The van der Waals surface area contributed by atoms with E-state index in [4.69, 9.17) is 4.74 Å². The standard InChI is InChI=1S/C15H20N2O6S2/c1-23-13-7-6-12(17-15(18)8-9-24(17,19)20)10-14(13)25(21,22)16-11-4-2-3-5-11/h6-7,10-11,16H,2-5,8-9H2,1H3. The number of amides is 1. The summed E-state index contributed by atoms with van der Waals surface area (Å²) in [5, 5.41) is 0. The second-order valence-corrected chi connectivity index (χ2v) is 9.78. The molecule has 1 saturated heterocycles. The molecule has 2 fully saturated rings. The maximum absolute atomic E-state index is 12.7. The van der Waals surface area contributed by atoms with Crippen LogP contribution in [0.2, 0.25) is 0 Å². The predicted molar refractivity (Wildman–Crippen MR) is 91.5 cm³/mol. The minimum absolute atomic E-state index is 0.00935. The van der Waals surface area contributed by atoms with E-state index < -0.39 is 26.0 Å². The molecule has 0 bridgehead atoms.